The van der Waals surface area contributed by atoms with Crippen molar-refractivity contribution >= 4 is 27.7 Å². The van der Waals surface area contributed by atoms with Crippen LogP contribution in [0, 0.1) is 5.82 Å². The molecule has 112 valence electrons. The van der Waals surface area contributed by atoms with Gasteiger partial charge in [0.15, 0.2) is 0 Å². The molecule has 0 aliphatic rings. The van der Waals surface area contributed by atoms with E-state index in [1.807, 2.05) is 31.2 Å². The summed E-state index contributed by atoms with van der Waals surface area (Å²) >= 11 is 3.17. The molecule has 0 bridgehead atoms. The summed E-state index contributed by atoms with van der Waals surface area (Å²) in [5.41, 5.74) is 9.04. The average Bonchev–Trinajstić information content (AvgIpc) is 2.45. The summed E-state index contributed by atoms with van der Waals surface area (Å²) < 4.78 is 14.2. The number of aliphatic imine (C=N–C) groups is 1. The van der Waals surface area contributed by atoms with Crippen molar-refractivity contribution in [3.63, 3.8) is 0 Å². The molecular formula is C17H20BrFN2. The zero-order valence-corrected chi connectivity index (χ0v) is 14.1. The summed E-state index contributed by atoms with van der Waals surface area (Å²) in [5.74, 6) is -0.289. The number of rotatable bonds is 5. The van der Waals surface area contributed by atoms with E-state index in [1.165, 1.54) is 6.07 Å². The molecule has 0 fully saturated rings. The first-order valence-corrected chi connectivity index (χ1v) is 7.51. The van der Waals surface area contributed by atoms with E-state index in [0.29, 0.717) is 10.2 Å². The maximum Gasteiger partial charge on any atom is 0.137 e. The molecular weight excluding hydrogens is 331 g/mol. The predicted molar refractivity (Wildman–Crippen MR) is 92.8 cm³/mol. The summed E-state index contributed by atoms with van der Waals surface area (Å²) in [5, 5.41) is 0. The highest BCUT2D eigenvalue weighted by molar-refractivity contribution is 9.10. The van der Waals surface area contributed by atoms with Crippen molar-refractivity contribution in [1.29, 1.82) is 0 Å². The third-order valence-corrected chi connectivity index (χ3v) is 3.46. The molecule has 0 aliphatic carbocycles. The van der Waals surface area contributed by atoms with Crippen molar-refractivity contribution in [3.8, 4) is 0 Å². The lowest BCUT2D eigenvalue weighted by molar-refractivity contribution is 0.620. The molecule has 1 rings (SSSR count). The average molecular weight is 351 g/mol. The van der Waals surface area contributed by atoms with E-state index in [0.717, 1.165) is 23.1 Å². The second-order valence-electron chi connectivity index (χ2n) is 4.56. The molecule has 4 heteroatoms. The minimum Gasteiger partial charge on any atom is -0.402 e. The van der Waals surface area contributed by atoms with Crippen LogP contribution in [0.2, 0.25) is 0 Å². The van der Waals surface area contributed by atoms with E-state index in [1.54, 1.807) is 19.3 Å². The smallest absolute Gasteiger partial charge is 0.137 e. The lowest BCUT2D eigenvalue weighted by Gasteiger charge is -2.06. The highest BCUT2D eigenvalue weighted by Crippen LogP contribution is 2.24. The normalized spacial score (nSPS) is 14.0. The second-order valence-corrected chi connectivity index (χ2v) is 5.42. The summed E-state index contributed by atoms with van der Waals surface area (Å²) in [6, 6.07) is 5.07. The summed E-state index contributed by atoms with van der Waals surface area (Å²) in [7, 11) is 1.69. The van der Waals surface area contributed by atoms with Gasteiger partial charge in [-0.1, -0.05) is 25.1 Å². The molecule has 0 radical (unpaired) electrons. The van der Waals surface area contributed by atoms with Crippen LogP contribution in [0.3, 0.4) is 0 Å². The third-order valence-electron chi connectivity index (χ3n) is 2.82. The predicted octanol–water partition coefficient (Wildman–Crippen LogP) is 4.87. The number of benzene rings is 1. The zero-order valence-electron chi connectivity index (χ0n) is 12.5. The van der Waals surface area contributed by atoms with E-state index in [-0.39, 0.29) is 5.82 Å². The van der Waals surface area contributed by atoms with E-state index in [4.69, 9.17) is 5.73 Å². The van der Waals surface area contributed by atoms with Crippen LogP contribution in [0.15, 0.2) is 57.2 Å². The van der Waals surface area contributed by atoms with Gasteiger partial charge in [-0.15, -0.1) is 0 Å². The Labute approximate surface area is 134 Å². The van der Waals surface area contributed by atoms with Gasteiger partial charge in [0.1, 0.15) is 5.82 Å². The van der Waals surface area contributed by atoms with E-state index < -0.39 is 0 Å². The van der Waals surface area contributed by atoms with Crippen molar-refractivity contribution in [2.24, 2.45) is 10.7 Å². The van der Waals surface area contributed by atoms with Gasteiger partial charge >= 0.3 is 0 Å². The first-order valence-electron chi connectivity index (χ1n) is 6.71. The standard InChI is InChI=1S/C17H20BrFN2/c1-4-5-6-13(9-15(11-21-3)12(2)20)14-7-8-16(18)17(19)10-14/h5-11H,4,20H2,1-3H3/b6-5+,13-9+,15-12-,21-11?. The molecule has 1 aromatic rings. The Morgan fingerprint density at radius 1 is 1.43 bits per heavy atom. The first-order chi connectivity index (χ1) is 9.99. The van der Waals surface area contributed by atoms with E-state index >= 15 is 0 Å². The van der Waals surface area contributed by atoms with E-state index in [2.05, 4.69) is 27.8 Å². The van der Waals surface area contributed by atoms with Crippen LogP contribution in [-0.4, -0.2) is 13.3 Å². The molecule has 21 heavy (non-hydrogen) atoms. The van der Waals surface area contributed by atoms with Crippen molar-refractivity contribution in [2.75, 3.05) is 7.05 Å². The fourth-order valence-electron chi connectivity index (χ4n) is 1.71. The second kappa shape index (κ2) is 8.57. The van der Waals surface area contributed by atoms with Gasteiger partial charge in [-0.3, -0.25) is 4.99 Å². The van der Waals surface area contributed by atoms with Crippen LogP contribution < -0.4 is 5.73 Å². The Morgan fingerprint density at radius 2 is 2.14 bits per heavy atom. The van der Waals surface area contributed by atoms with Crippen molar-refractivity contribution in [1.82, 2.24) is 0 Å². The van der Waals surface area contributed by atoms with Crippen molar-refractivity contribution < 1.29 is 4.39 Å². The van der Waals surface area contributed by atoms with Gasteiger partial charge in [0.05, 0.1) is 4.47 Å². The molecule has 0 aliphatic heterocycles. The van der Waals surface area contributed by atoms with Crippen LogP contribution in [0.5, 0.6) is 0 Å². The molecule has 0 unspecified atom stereocenters. The largest absolute Gasteiger partial charge is 0.402 e. The topological polar surface area (TPSA) is 38.4 Å². The fraction of sp³-hybridized carbons (Fsp3) is 0.235. The monoisotopic (exact) mass is 350 g/mol. The Balaban J connectivity index is 3.37. The van der Waals surface area contributed by atoms with Crippen LogP contribution in [0.4, 0.5) is 4.39 Å². The summed E-state index contributed by atoms with van der Waals surface area (Å²) in [6.07, 6.45) is 8.51. The number of hydrogen-bond acceptors (Lipinski definition) is 2. The van der Waals surface area contributed by atoms with Gasteiger partial charge in [0.25, 0.3) is 0 Å². The SMILES string of the molecule is CC/C=C/C(=C\C(C=NC)=C(/C)N)c1ccc(Br)c(F)c1. The maximum atomic E-state index is 13.7. The number of nitrogens with zero attached hydrogens (tertiary/aromatic N) is 1. The Hall–Kier alpha value is -1.68. The van der Waals surface area contributed by atoms with Crippen LogP contribution in [0.25, 0.3) is 5.57 Å². The third kappa shape index (κ3) is 5.31. The molecule has 0 saturated heterocycles. The zero-order chi connectivity index (χ0) is 15.8. The van der Waals surface area contributed by atoms with Gasteiger partial charge in [0.2, 0.25) is 0 Å². The minimum atomic E-state index is -0.289. The Morgan fingerprint density at radius 3 is 2.67 bits per heavy atom. The molecule has 1 aromatic carbocycles. The van der Waals surface area contributed by atoms with Crippen molar-refractivity contribution in [3.05, 3.63) is 63.6 Å². The molecule has 0 spiro atoms. The van der Waals surface area contributed by atoms with Crippen LogP contribution in [-0.2, 0) is 0 Å². The van der Waals surface area contributed by atoms with Gasteiger partial charge in [-0.2, -0.15) is 0 Å². The van der Waals surface area contributed by atoms with Crippen LogP contribution >= 0.6 is 15.9 Å². The highest BCUT2D eigenvalue weighted by atomic mass is 79.9. The minimum absolute atomic E-state index is 0.289. The van der Waals surface area contributed by atoms with Gasteiger partial charge in [0, 0.05) is 24.5 Å². The van der Waals surface area contributed by atoms with Gasteiger partial charge in [-0.05, 0) is 58.6 Å². The number of nitrogens with two attached hydrogens (primary N) is 1. The number of hydrogen-bond donors (Lipinski definition) is 1. The van der Waals surface area contributed by atoms with Gasteiger partial charge in [-0.25, -0.2) is 4.39 Å². The summed E-state index contributed by atoms with van der Waals surface area (Å²) in [4.78, 5) is 4.00. The summed E-state index contributed by atoms with van der Waals surface area (Å²) in [6.45, 7) is 3.87. The molecule has 2 N–H and O–H groups in total. The molecule has 0 aromatic heterocycles. The van der Waals surface area contributed by atoms with Gasteiger partial charge < -0.3 is 5.73 Å². The highest BCUT2D eigenvalue weighted by Gasteiger charge is 2.05. The molecule has 0 atom stereocenters. The fourth-order valence-corrected chi connectivity index (χ4v) is 1.95. The molecule has 0 heterocycles. The van der Waals surface area contributed by atoms with Crippen LogP contribution in [0.1, 0.15) is 25.8 Å². The Bertz CT molecular complexity index is 609. The quantitative estimate of drug-likeness (QED) is 0.596. The van der Waals surface area contributed by atoms with E-state index in [9.17, 15) is 4.39 Å². The lowest BCUT2D eigenvalue weighted by Crippen LogP contribution is -1.98. The molecule has 2 nitrogen and oxygen atoms in total. The number of allylic oxidation sites excluding steroid dienone is 6. The lowest BCUT2D eigenvalue weighted by atomic mass is 10.0. The van der Waals surface area contributed by atoms with Crippen molar-refractivity contribution in [2.45, 2.75) is 20.3 Å². The molecule has 0 amide bonds. The molecule has 0 saturated carbocycles. The number of halogens is 2. The first kappa shape index (κ1) is 17.4. The maximum absolute atomic E-state index is 13.7. The Kier molecular flexibility index (Phi) is 7.09.